The Morgan fingerprint density at radius 2 is 2.00 bits per heavy atom. The molecule has 4 nitrogen and oxygen atoms in total. The van der Waals surface area contributed by atoms with Crippen LogP contribution in [-0.4, -0.2) is 34.9 Å². The predicted octanol–water partition coefficient (Wildman–Crippen LogP) is 3.78. The predicted molar refractivity (Wildman–Crippen MR) is 108 cm³/mol. The van der Waals surface area contributed by atoms with Crippen LogP contribution in [0.5, 0.6) is 0 Å². The molecular weight excluding hydrogens is 377 g/mol. The van der Waals surface area contributed by atoms with E-state index in [0.29, 0.717) is 12.2 Å². The maximum atomic E-state index is 12.7. The number of halogens is 2. The summed E-state index contributed by atoms with van der Waals surface area (Å²) in [5, 5.41) is 2.86. The zero-order chi connectivity index (χ0) is 16.4. The number of nitrogens with zero attached hydrogens (tertiary/aromatic N) is 2. The van der Waals surface area contributed by atoms with Gasteiger partial charge in [0.25, 0.3) is 5.91 Å². The third-order valence-corrected chi connectivity index (χ3v) is 5.42. The molecule has 2 N–H and O–H groups in total. The van der Waals surface area contributed by atoms with Crippen LogP contribution >= 0.6 is 36.2 Å². The van der Waals surface area contributed by atoms with Gasteiger partial charge in [-0.2, -0.15) is 0 Å². The number of thiazole rings is 1. The number of amides is 1. The minimum atomic E-state index is -0.0448. The molecule has 1 aromatic carbocycles. The third kappa shape index (κ3) is 5.17. The second kappa shape index (κ2) is 8.99. The summed E-state index contributed by atoms with van der Waals surface area (Å²) < 4.78 is 0. The summed E-state index contributed by atoms with van der Waals surface area (Å²) in [6.45, 7) is 5.66. The molecule has 3 rings (SSSR count). The van der Waals surface area contributed by atoms with E-state index in [4.69, 9.17) is 5.73 Å². The summed E-state index contributed by atoms with van der Waals surface area (Å²) in [5.74, 6) is 0.0283. The number of carbonyl (C=O) groups excluding carboxylic acids is 1. The Labute approximate surface area is 165 Å². The smallest absolute Gasteiger partial charge is 0.273 e. The van der Waals surface area contributed by atoms with Crippen molar-refractivity contribution in [3.05, 3.63) is 52.0 Å². The molecule has 0 bridgehead atoms. The molecule has 7 heteroatoms. The SMILES string of the molecule is CC1(C)CN(C(=O)c2csc(Cc3ccccc3)n2)CCC1N.Cl.Cl. The Morgan fingerprint density at radius 3 is 2.64 bits per heavy atom. The van der Waals surface area contributed by atoms with E-state index < -0.39 is 0 Å². The molecule has 0 spiro atoms. The van der Waals surface area contributed by atoms with Gasteiger partial charge in [0, 0.05) is 30.9 Å². The van der Waals surface area contributed by atoms with Crippen LogP contribution in [0.1, 0.15) is 41.3 Å². The van der Waals surface area contributed by atoms with Crippen LogP contribution in [0, 0.1) is 5.41 Å². The van der Waals surface area contributed by atoms with Crippen molar-refractivity contribution in [1.29, 1.82) is 0 Å². The molecule has 2 aromatic rings. The fourth-order valence-corrected chi connectivity index (χ4v) is 3.77. The van der Waals surface area contributed by atoms with Crippen molar-refractivity contribution in [3.8, 4) is 0 Å². The molecule has 138 valence electrons. The fraction of sp³-hybridized carbons (Fsp3) is 0.444. The molecule has 1 aliphatic heterocycles. The summed E-state index contributed by atoms with van der Waals surface area (Å²) in [7, 11) is 0. The average molecular weight is 402 g/mol. The summed E-state index contributed by atoms with van der Waals surface area (Å²) in [5.41, 5.74) is 7.88. The van der Waals surface area contributed by atoms with Gasteiger partial charge in [0.1, 0.15) is 5.69 Å². The maximum Gasteiger partial charge on any atom is 0.273 e. The summed E-state index contributed by atoms with van der Waals surface area (Å²) in [6.07, 6.45) is 1.62. The Hall–Kier alpha value is -1.14. The second-order valence-corrected chi connectivity index (χ2v) is 7.84. The molecule has 1 amide bonds. The lowest BCUT2D eigenvalue weighted by molar-refractivity contribution is 0.0528. The van der Waals surface area contributed by atoms with E-state index in [2.05, 4.69) is 31.0 Å². The molecule has 0 radical (unpaired) electrons. The van der Waals surface area contributed by atoms with Crippen molar-refractivity contribution in [2.45, 2.75) is 32.7 Å². The van der Waals surface area contributed by atoms with E-state index in [0.717, 1.165) is 24.4 Å². The lowest BCUT2D eigenvalue weighted by atomic mass is 9.79. The number of aromatic nitrogens is 1. The van der Waals surface area contributed by atoms with Gasteiger partial charge >= 0.3 is 0 Å². The van der Waals surface area contributed by atoms with Crippen LogP contribution in [0.15, 0.2) is 35.7 Å². The highest BCUT2D eigenvalue weighted by atomic mass is 35.5. The van der Waals surface area contributed by atoms with Gasteiger partial charge in [-0.05, 0) is 17.4 Å². The Balaban J connectivity index is 0.00000156. The molecule has 2 heterocycles. The van der Waals surface area contributed by atoms with E-state index in [9.17, 15) is 4.79 Å². The van der Waals surface area contributed by atoms with Gasteiger partial charge in [0.15, 0.2) is 0 Å². The Bertz CT molecular complexity index is 691. The highest BCUT2D eigenvalue weighted by Crippen LogP contribution is 2.28. The molecule has 1 aliphatic rings. The number of likely N-dealkylation sites (tertiary alicyclic amines) is 1. The molecular formula is C18H25Cl2N3OS. The first-order valence-electron chi connectivity index (χ1n) is 7.99. The summed E-state index contributed by atoms with van der Waals surface area (Å²) >= 11 is 1.55. The van der Waals surface area contributed by atoms with Crippen LogP contribution in [0.4, 0.5) is 0 Å². The Morgan fingerprint density at radius 1 is 1.32 bits per heavy atom. The highest BCUT2D eigenvalue weighted by molar-refractivity contribution is 7.09. The molecule has 1 atom stereocenters. The van der Waals surface area contributed by atoms with Gasteiger partial charge in [-0.25, -0.2) is 4.98 Å². The van der Waals surface area contributed by atoms with E-state index >= 15 is 0 Å². The number of hydrogen-bond acceptors (Lipinski definition) is 4. The van der Waals surface area contributed by atoms with Gasteiger partial charge in [0.05, 0.1) is 5.01 Å². The first-order chi connectivity index (χ1) is 11.0. The Kier molecular flexibility index (Phi) is 7.88. The first-order valence-corrected chi connectivity index (χ1v) is 8.87. The largest absolute Gasteiger partial charge is 0.337 e. The van der Waals surface area contributed by atoms with Crippen LogP contribution in [0.25, 0.3) is 0 Å². The van der Waals surface area contributed by atoms with E-state index in [-0.39, 0.29) is 42.2 Å². The van der Waals surface area contributed by atoms with Crippen LogP contribution in [-0.2, 0) is 6.42 Å². The van der Waals surface area contributed by atoms with Gasteiger partial charge in [-0.3, -0.25) is 4.79 Å². The van der Waals surface area contributed by atoms with Gasteiger partial charge < -0.3 is 10.6 Å². The lowest BCUT2D eigenvalue weighted by Crippen LogP contribution is -2.54. The van der Waals surface area contributed by atoms with Crippen molar-refractivity contribution in [3.63, 3.8) is 0 Å². The molecule has 1 saturated heterocycles. The number of benzene rings is 1. The summed E-state index contributed by atoms with van der Waals surface area (Å²) in [6, 6.07) is 10.4. The third-order valence-electron chi connectivity index (χ3n) is 4.57. The van der Waals surface area contributed by atoms with Gasteiger partial charge in [-0.1, -0.05) is 44.2 Å². The molecule has 25 heavy (non-hydrogen) atoms. The van der Waals surface area contributed by atoms with Crippen LogP contribution < -0.4 is 5.73 Å². The number of piperidine rings is 1. The monoisotopic (exact) mass is 401 g/mol. The zero-order valence-corrected chi connectivity index (χ0v) is 16.9. The van der Waals surface area contributed by atoms with Crippen molar-refractivity contribution >= 4 is 42.1 Å². The van der Waals surface area contributed by atoms with Crippen molar-refractivity contribution < 1.29 is 4.79 Å². The summed E-state index contributed by atoms with van der Waals surface area (Å²) in [4.78, 5) is 19.1. The zero-order valence-electron chi connectivity index (χ0n) is 14.5. The molecule has 1 unspecified atom stereocenters. The lowest BCUT2D eigenvalue weighted by Gasteiger charge is -2.42. The van der Waals surface area contributed by atoms with E-state index in [1.165, 1.54) is 5.56 Å². The first kappa shape index (κ1) is 21.9. The molecule has 0 aliphatic carbocycles. The standard InChI is InChI=1S/C18H23N3OS.2ClH/c1-18(2)12-21(9-8-15(18)19)17(22)14-11-23-16(20-14)10-13-6-4-3-5-7-13;;/h3-7,11,15H,8-10,12,19H2,1-2H3;2*1H. The van der Waals surface area contributed by atoms with Crippen molar-refractivity contribution in [1.82, 2.24) is 9.88 Å². The van der Waals surface area contributed by atoms with Crippen molar-refractivity contribution in [2.24, 2.45) is 11.1 Å². The normalized spacial score (nSPS) is 18.8. The molecule has 0 saturated carbocycles. The topological polar surface area (TPSA) is 59.2 Å². The minimum Gasteiger partial charge on any atom is -0.337 e. The number of hydrogen-bond donors (Lipinski definition) is 1. The van der Waals surface area contributed by atoms with E-state index in [1.54, 1.807) is 11.3 Å². The number of rotatable bonds is 3. The van der Waals surface area contributed by atoms with Crippen LogP contribution in [0.2, 0.25) is 0 Å². The van der Waals surface area contributed by atoms with Gasteiger partial charge in [0.2, 0.25) is 0 Å². The quantitative estimate of drug-likeness (QED) is 0.850. The van der Waals surface area contributed by atoms with Gasteiger partial charge in [-0.15, -0.1) is 36.2 Å². The average Bonchev–Trinajstić information content (AvgIpc) is 2.98. The molecule has 1 aromatic heterocycles. The number of nitrogens with two attached hydrogens (primary N) is 1. The van der Waals surface area contributed by atoms with Crippen LogP contribution in [0.3, 0.4) is 0 Å². The number of carbonyl (C=O) groups is 1. The highest BCUT2D eigenvalue weighted by Gasteiger charge is 2.36. The van der Waals surface area contributed by atoms with E-state index in [1.807, 2.05) is 28.5 Å². The fourth-order valence-electron chi connectivity index (χ4n) is 2.97. The maximum absolute atomic E-state index is 12.7. The molecule has 1 fully saturated rings. The van der Waals surface area contributed by atoms with Crippen molar-refractivity contribution in [2.75, 3.05) is 13.1 Å². The second-order valence-electron chi connectivity index (χ2n) is 6.90. The minimum absolute atomic E-state index is 0.